The Morgan fingerprint density at radius 2 is 2.05 bits per heavy atom. The van der Waals surface area contributed by atoms with Gasteiger partial charge in [0.25, 0.3) is 5.91 Å². The molecule has 1 aromatic rings. The van der Waals surface area contributed by atoms with Crippen molar-refractivity contribution in [2.45, 2.75) is 45.1 Å². The average Bonchev–Trinajstić information content (AvgIpc) is 2.96. The third kappa shape index (κ3) is 3.77. The highest BCUT2D eigenvalue weighted by molar-refractivity contribution is 5.93. The van der Waals surface area contributed by atoms with E-state index in [0.717, 1.165) is 12.8 Å². The van der Waals surface area contributed by atoms with Crippen molar-refractivity contribution >= 4 is 11.8 Å². The molecule has 0 saturated heterocycles. The quantitative estimate of drug-likeness (QED) is 0.719. The SMILES string of the molecule is CC(C)(C)c1nc(C(=O)NCC(=O)NC2CC2)n[nH]1. The number of rotatable bonds is 4. The van der Waals surface area contributed by atoms with Gasteiger partial charge in [-0.15, -0.1) is 5.10 Å². The minimum Gasteiger partial charge on any atom is -0.352 e. The van der Waals surface area contributed by atoms with Crippen LogP contribution in [0, 0.1) is 0 Å². The second-order valence-electron chi connectivity index (χ2n) is 5.78. The van der Waals surface area contributed by atoms with Gasteiger partial charge in [0.05, 0.1) is 6.54 Å². The lowest BCUT2D eigenvalue weighted by molar-refractivity contribution is -0.120. The van der Waals surface area contributed by atoms with Gasteiger partial charge >= 0.3 is 0 Å². The summed E-state index contributed by atoms with van der Waals surface area (Å²) in [6, 6.07) is 0.292. The minimum absolute atomic E-state index is 0.0469. The summed E-state index contributed by atoms with van der Waals surface area (Å²) >= 11 is 0. The first-order chi connectivity index (χ1) is 8.86. The number of carbonyl (C=O) groups is 2. The number of aromatic nitrogens is 3. The van der Waals surface area contributed by atoms with E-state index in [2.05, 4.69) is 25.8 Å². The number of hydrogen-bond acceptors (Lipinski definition) is 4. The third-order valence-corrected chi connectivity index (χ3v) is 2.75. The predicted octanol–water partition coefficient (Wildman–Crippen LogP) is 0.111. The molecule has 7 heteroatoms. The number of aromatic amines is 1. The molecule has 0 spiro atoms. The van der Waals surface area contributed by atoms with Gasteiger partial charge in [-0.25, -0.2) is 4.98 Å². The van der Waals surface area contributed by atoms with Crippen LogP contribution in [0.1, 0.15) is 50.1 Å². The summed E-state index contributed by atoms with van der Waals surface area (Å²) in [5, 5.41) is 11.9. The topological polar surface area (TPSA) is 99.8 Å². The molecule has 1 aromatic heterocycles. The Morgan fingerprint density at radius 1 is 1.37 bits per heavy atom. The molecule has 1 aliphatic carbocycles. The molecular weight excluding hydrogens is 246 g/mol. The zero-order valence-corrected chi connectivity index (χ0v) is 11.4. The van der Waals surface area contributed by atoms with Crippen molar-refractivity contribution in [1.29, 1.82) is 0 Å². The van der Waals surface area contributed by atoms with Crippen LogP contribution in [0.2, 0.25) is 0 Å². The fraction of sp³-hybridized carbons (Fsp3) is 0.667. The molecule has 1 heterocycles. The molecule has 0 bridgehead atoms. The standard InChI is InChI=1S/C12H19N5O2/c1-12(2,3)11-15-9(16-17-11)10(19)13-6-8(18)14-7-4-5-7/h7H,4-6H2,1-3H3,(H,13,19)(H,14,18)(H,15,16,17). The van der Waals surface area contributed by atoms with E-state index in [1.807, 2.05) is 20.8 Å². The van der Waals surface area contributed by atoms with E-state index in [4.69, 9.17) is 0 Å². The lowest BCUT2D eigenvalue weighted by atomic mass is 9.96. The van der Waals surface area contributed by atoms with Crippen LogP contribution in [0.25, 0.3) is 0 Å². The van der Waals surface area contributed by atoms with Gasteiger partial charge in [0.1, 0.15) is 5.82 Å². The second-order valence-corrected chi connectivity index (χ2v) is 5.78. The fourth-order valence-electron chi connectivity index (χ4n) is 1.44. The van der Waals surface area contributed by atoms with Crippen LogP contribution < -0.4 is 10.6 Å². The van der Waals surface area contributed by atoms with Gasteiger partial charge in [-0.3, -0.25) is 14.7 Å². The van der Waals surface area contributed by atoms with Crippen LogP contribution in [-0.2, 0) is 10.2 Å². The molecule has 1 fully saturated rings. The summed E-state index contributed by atoms with van der Waals surface area (Å²) in [5.41, 5.74) is -0.200. The molecule has 0 aliphatic heterocycles. The number of carbonyl (C=O) groups excluding carboxylic acids is 2. The largest absolute Gasteiger partial charge is 0.352 e. The highest BCUT2D eigenvalue weighted by Crippen LogP contribution is 2.18. The zero-order valence-electron chi connectivity index (χ0n) is 11.4. The van der Waals surface area contributed by atoms with Crippen molar-refractivity contribution in [2.75, 3.05) is 6.54 Å². The van der Waals surface area contributed by atoms with Gasteiger partial charge in [-0.2, -0.15) is 0 Å². The molecule has 1 saturated carbocycles. The van der Waals surface area contributed by atoms with Crippen molar-refractivity contribution < 1.29 is 9.59 Å². The molecule has 7 nitrogen and oxygen atoms in total. The Kier molecular flexibility index (Phi) is 3.55. The van der Waals surface area contributed by atoms with E-state index in [9.17, 15) is 9.59 Å². The first-order valence-corrected chi connectivity index (χ1v) is 6.36. The van der Waals surface area contributed by atoms with Gasteiger partial charge in [-0.05, 0) is 12.8 Å². The smallest absolute Gasteiger partial charge is 0.291 e. The van der Waals surface area contributed by atoms with Crippen LogP contribution >= 0.6 is 0 Å². The number of amides is 2. The first-order valence-electron chi connectivity index (χ1n) is 6.36. The number of hydrogen-bond donors (Lipinski definition) is 3. The van der Waals surface area contributed by atoms with Crippen molar-refractivity contribution in [1.82, 2.24) is 25.8 Å². The van der Waals surface area contributed by atoms with Gasteiger partial charge in [0.2, 0.25) is 11.7 Å². The van der Waals surface area contributed by atoms with Crippen molar-refractivity contribution in [3.63, 3.8) is 0 Å². The highest BCUT2D eigenvalue weighted by atomic mass is 16.2. The molecule has 0 aromatic carbocycles. The summed E-state index contributed by atoms with van der Waals surface area (Å²) in [6.07, 6.45) is 2.05. The fourth-order valence-corrected chi connectivity index (χ4v) is 1.44. The normalized spacial score (nSPS) is 15.1. The Bertz CT molecular complexity index is 485. The van der Waals surface area contributed by atoms with Gasteiger partial charge < -0.3 is 10.6 Å². The minimum atomic E-state index is -0.447. The monoisotopic (exact) mass is 265 g/mol. The summed E-state index contributed by atoms with van der Waals surface area (Å²) in [7, 11) is 0. The van der Waals surface area contributed by atoms with Crippen molar-refractivity contribution in [3.8, 4) is 0 Å². The molecule has 2 rings (SSSR count). The van der Waals surface area contributed by atoms with E-state index < -0.39 is 5.91 Å². The molecular formula is C12H19N5O2. The summed E-state index contributed by atoms with van der Waals surface area (Å²) in [4.78, 5) is 27.3. The summed E-state index contributed by atoms with van der Waals surface area (Å²) in [5.74, 6) is 0.0735. The van der Waals surface area contributed by atoms with Crippen LogP contribution in [0.4, 0.5) is 0 Å². The molecule has 104 valence electrons. The van der Waals surface area contributed by atoms with E-state index >= 15 is 0 Å². The van der Waals surface area contributed by atoms with Crippen molar-refractivity contribution in [2.24, 2.45) is 0 Å². The zero-order chi connectivity index (χ0) is 14.0. The van der Waals surface area contributed by atoms with Gasteiger partial charge in [0.15, 0.2) is 0 Å². The number of H-pyrrole nitrogens is 1. The van der Waals surface area contributed by atoms with Gasteiger partial charge in [-0.1, -0.05) is 20.8 Å². The van der Waals surface area contributed by atoms with E-state index in [1.54, 1.807) is 0 Å². The summed E-state index contributed by atoms with van der Waals surface area (Å²) < 4.78 is 0. The van der Waals surface area contributed by atoms with E-state index in [0.29, 0.717) is 11.9 Å². The maximum atomic E-state index is 11.8. The van der Waals surface area contributed by atoms with Crippen molar-refractivity contribution in [3.05, 3.63) is 11.6 Å². The van der Waals surface area contributed by atoms with E-state index in [1.165, 1.54) is 0 Å². The lowest BCUT2D eigenvalue weighted by Crippen LogP contribution is -2.38. The average molecular weight is 265 g/mol. The van der Waals surface area contributed by atoms with Crippen LogP contribution in [0.3, 0.4) is 0 Å². The number of nitrogens with one attached hydrogen (secondary N) is 3. The predicted molar refractivity (Wildman–Crippen MR) is 68.6 cm³/mol. The third-order valence-electron chi connectivity index (χ3n) is 2.75. The van der Waals surface area contributed by atoms with Crippen LogP contribution in [0.5, 0.6) is 0 Å². The second kappa shape index (κ2) is 4.99. The molecule has 0 radical (unpaired) electrons. The Balaban J connectivity index is 1.85. The highest BCUT2D eigenvalue weighted by Gasteiger charge is 2.24. The Labute approximate surface area is 111 Å². The maximum Gasteiger partial charge on any atom is 0.291 e. The molecule has 2 amide bonds. The van der Waals surface area contributed by atoms with E-state index in [-0.39, 0.29) is 23.7 Å². The molecule has 0 unspecified atom stereocenters. The van der Waals surface area contributed by atoms with Crippen LogP contribution in [0.15, 0.2) is 0 Å². The molecule has 3 N–H and O–H groups in total. The molecule has 1 aliphatic rings. The maximum absolute atomic E-state index is 11.8. The number of nitrogens with zero attached hydrogens (tertiary/aromatic N) is 2. The Hall–Kier alpha value is -1.92. The first kappa shape index (κ1) is 13.5. The molecule has 19 heavy (non-hydrogen) atoms. The lowest BCUT2D eigenvalue weighted by Gasteiger charge is -2.12. The Morgan fingerprint density at radius 3 is 2.58 bits per heavy atom. The van der Waals surface area contributed by atoms with Crippen LogP contribution in [-0.4, -0.2) is 39.6 Å². The summed E-state index contributed by atoms with van der Waals surface area (Å²) in [6.45, 7) is 5.86. The van der Waals surface area contributed by atoms with Gasteiger partial charge in [0, 0.05) is 11.5 Å². The molecule has 0 atom stereocenters.